The van der Waals surface area contributed by atoms with Crippen LogP contribution in [0.4, 0.5) is 11.4 Å². The van der Waals surface area contributed by atoms with Crippen LogP contribution < -0.4 is 5.32 Å². The van der Waals surface area contributed by atoms with E-state index >= 15 is 0 Å². The molecule has 4 aromatic rings. The molecule has 0 amide bonds. The molecule has 0 spiro atoms. The van der Waals surface area contributed by atoms with Gasteiger partial charge in [0.15, 0.2) is 0 Å². The highest BCUT2D eigenvalue weighted by molar-refractivity contribution is 6.31. The van der Waals surface area contributed by atoms with Crippen molar-refractivity contribution in [2.45, 2.75) is 6.54 Å². The molecule has 4 nitrogen and oxygen atoms in total. The van der Waals surface area contributed by atoms with Crippen molar-refractivity contribution in [1.29, 1.82) is 0 Å². The lowest BCUT2D eigenvalue weighted by Crippen LogP contribution is -2.03. The summed E-state index contributed by atoms with van der Waals surface area (Å²) in [6.45, 7) is 0.773. The second-order valence-corrected chi connectivity index (χ2v) is 6.76. The number of fused-ring (bicyclic) bond motifs is 1. The van der Waals surface area contributed by atoms with E-state index in [1.165, 1.54) is 11.6 Å². The molecule has 0 aliphatic rings. The number of benzene rings is 3. The van der Waals surface area contributed by atoms with Crippen molar-refractivity contribution < 1.29 is 9.90 Å². The fourth-order valence-corrected chi connectivity index (χ4v) is 3.31. The van der Waals surface area contributed by atoms with Gasteiger partial charge in [-0.1, -0.05) is 48.0 Å². The Hall–Kier alpha value is -3.24. The van der Waals surface area contributed by atoms with E-state index in [1.807, 2.05) is 36.4 Å². The van der Waals surface area contributed by atoms with Gasteiger partial charge >= 0.3 is 5.97 Å². The Morgan fingerprint density at radius 1 is 1.00 bits per heavy atom. The van der Waals surface area contributed by atoms with Crippen LogP contribution in [0.25, 0.3) is 10.9 Å². The van der Waals surface area contributed by atoms with Gasteiger partial charge < -0.3 is 15.0 Å². The highest BCUT2D eigenvalue weighted by Gasteiger charge is 2.11. The van der Waals surface area contributed by atoms with E-state index in [4.69, 9.17) is 11.6 Å². The molecule has 0 radical (unpaired) electrons. The van der Waals surface area contributed by atoms with Crippen molar-refractivity contribution >= 4 is 39.8 Å². The van der Waals surface area contributed by atoms with Crippen LogP contribution in [0.3, 0.4) is 0 Å². The first-order chi connectivity index (χ1) is 13.1. The predicted octanol–water partition coefficient (Wildman–Crippen LogP) is 5.78. The van der Waals surface area contributed by atoms with E-state index in [-0.39, 0.29) is 5.56 Å². The fraction of sp³-hybridized carbons (Fsp3) is 0.0455. The predicted molar refractivity (Wildman–Crippen MR) is 109 cm³/mol. The summed E-state index contributed by atoms with van der Waals surface area (Å²) in [7, 11) is 0. The summed E-state index contributed by atoms with van der Waals surface area (Å²) in [5.41, 5.74) is 3.77. The summed E-state index contributed by atoms with van der Waals surface area (Å²) >= 11 is 5.93. The number of hydrogen-bond acceptors (Lipinski definition) is 2. The maximum Gasteiger partial charge on any atom is 0.337 e. The van der Waals surface area contributed by atoms with Crippen LogP contribution in [-0.2, 0) is 6.54 Å². The monoisotopic (exact) mass is 376 g/mol. The van der Waals surface area contributed by atoms with E-state index in [0.29, 0.717) is 10.7 Å². The minimum Gasteiger partial charge on any atom is -0.478 e. The molecule has 1 aromatic heterocycles. The molecule has 3 aromatic carbocycles. The number of nitrogens with zero attached hydrogens (tertiary/aromatic N) is 1. The van der Waals surface area contributed by atoms with E-state index in [2.05, 4.69) is 34.3 Å². The van der Waals surface area contributed by atoms with Crippen LogP contribution in [0.5, 0.6) is 0 Å². The first kappa shape index (κ1) is 17.2. The second kappa shape index (κ2) is 7.17. The molecule has 0 aliphatic carbocycles. The zero-order valence-corrected chi connectivity index (χ0v) is 15.1. The lowest BCUT2D eigenvalue weighted by molar-refractivity contribution is 0.0698. The first-order valence-corrected chi connectivity index (χ1v) is 8.91. The molecule has 0 bridgehead atoms. The molecule has 0 saturated carbocycles. The molecule has 2 N–H and O–H groups in total. The Bertz CT molecular complexity index is 1120. The Morgan fingerprint density at radius 2 is 1.81 bits per heavy atom. The van der Waals surface area contributed by atoms with Crippen molar-refractivity contribution in [3.63, 3.8) is 0 Å². The molecule has 5 heteroatoms. The van der Waals surface area contributed by atoms with Crippen LogP contribution >= 0.6 is 11.6 Å². The van der Waals surface area contributed by atoms with Crippen molar-refractivity contribution in [3.05, 3.63) is 95.1 Å². The Labute approximate surface area is 161 Å². The number of carboxylic acid groups (broad SMARTS) is 1. The molecule has 1 heterocycles. The lowest BCUT2D eigenvalue weighted by Gasteiger charge is -2.11. The summed E-state index contributed by atoms with van der Waals surface area (Å²) in [6.07, 6.45) is 2.06. The smallest absolute Gasteiger partial charge is 0.337 e. The van der Waals surface area contributed by atoms with Crippen molar-refractivity contribution in [3.8, 4) is 0 Å². The minimum absolute atomic E-state index is 0.141. The zero-order valence-electron chi connectivity index (χ0n) is 14.4. The van der Waals surface area contributed by atoms with Crippen LogP contribution in [0.2, 0.25) is 5.02 Å². The van der Waals surface area contributed by atoms with Crippen LogP contribution in [0.15, 0.2) is 79.0 Å². The number of carbonyl (C=O) groups is 1. The lowest BCUT2D eigenvalue weighted by atomic mass is 10.1. The number of hydrogen-bond donors (Lipinski definition) is 2. The van der Waals surface area contributed by atoms with Gasteiger partial charge in [-0.2, -0.15) is 0 Å². The van der Waals surface area contributed by atoms with Crippen molar-refractivity contribution in [2.75, 3.05) is 5.32 Å². The SMILES string of the molecule is O=C(O)c1cc(Cl)ccc1Nc1ccc2ccn(Cc3ccccc3)c2c1. The van der Waals surface area contributed by atoms with E-state index in [0.717, 1.165) is 23.1 Å². The topological polar surface area (TPSA) is 54.3 Å². The normalized spacial score (nSPS) is 10.9. The molecular weight excluding hydrogens is 360 g/mol. The van der Waals surface area contributed by atoms with E-state index < -0.39 is 5.97 Å². The summed E-state index contributed by atoms with van der Waals surface area (Å²) in [5, 5.41) is 14.1. The summed E-state index contributed by atoms with van der Waals surface area (Å²) in [4.78, 5) is 11.5. The Balaban J connectivity index is 1.68. The van der Waals surface area contributed by atoms with Crippen LogP contribution in [0.1, 0.15) is 15.9 Å². The third kappa shape index (κ3) is 3.66. The van der Waals surface area contributed by atoms with Gasteiger partial charge in [-0.15, -0.1) is 0 Å². The van der Waals surface area contributed by atoms with Gasteiger partial charge in [-0.25, -0.2) is 4.79 Å². The van der Waals surface area contributed by atoms with Gasteiger partial charge in [0.25, 0.3) is 0 Å². The quantitative estimate of drug-likeness (QED) is 0.464. The molecule has 0 saturated heterocycles. The Morgan fingerprint density at radius 3 is 2.59 bits per heavy atom. The number of nitrogens with one attached hydrogen (secondary N) is 1. The number of carboxylic acids is 1. The summed E-state index contributed by atoms with van der Waals surface area (Å²) in [5.74, 6) is -1.02. The van der Waals surface area contributed by atoms with Crippen molar-refractivity contribution in [1.82, 2.24) is 4.57 Å². The number of aromatic nitrogens is 1. The minimum atomic E-state index is -1.02. The summed E-state index contributed by atoms with van der Waals surface area (Å²) in [6, 6.07) is 23.1. The number of anilines is 2. The molecule has 27 heavy (non-hydrogen) atoms. The molecule has 4 rings (SSSR count). The number of halogens is 1. The maximum absolute atomic E-state index is 11.5. The molecule has 0 aliphatic heterocycles. The van der Waals surface area contributed by atoms with Gasteiger partial charge in [0.05, 0.1) is 16.8 Å². The van der Waals surface area contributed by atoms with E-state index in [9.17, 15) is 9.90 Å². The average molecular weight is 377 g/mol. The van der Waals surface area contributed by atoms with Crippen molar-refractivity contribution in [2.24, 2.45) is 0 Å². The average Bonchev–Trinajstić information content (AvgIpc) is 3.06. The van der Waals surface area contributed by atoms with Crippen LogP contribution in [0, 0.1) is 0 Å². The van der Waals surface area contributed by atoms with E-state index in [1.54, 1.807) is 12.1 Å². The standard InChI is InChI=1S/C22H17ClN2O2/c23-17-7-9-20(19(12-17)22(26)27)24-18-8-6-16-10-11-25(21(16)13-18)14-15-4-2-1-3-5-15/h1-13,24H,14H2,(H,26,27). The second-order valence-electron chi connectivity index (χ2n) is 6.32. The van der Waals surface area contributed by atoms with Crippen LogP contribution in [-0.4, -0.2) is 15.6 Å². The Kier molecular flexibility index (Phi) is 4.57. The van der Waals surface area contributed by atoms with Gasteiger partial charge in [-0.3, -0.25) is 0 Å². The van der Waals surface area contributed by atoms with Gasteiger partial charge in [0.2, 0.25) is 0 Å². The molecule has 0 atom stereocenters. The largest absolute Gasteiger partial charge is 0.478 e. The number of aromatic carboxylic acids is 1. The zero-order chi connectivity index (χ0) is 18.8. The third-order valence-corrected chi connectivity index (χ3v) is 4.70. The molecule has 134 valence electrons. The summed E-state index contributed by atoms with van der Waals surface area (Å²) < 4.78 is 2.18. The highest BCUT2D eigenvalue weighted by Crippen LogP contribution is 2.27. The fourth-order valence-electron chi connectivity index (χ4n) is 3.14. The molecular formula is C22H17ClN2O2. The number of rotatable bonds is 5. The maximum atomic E-state index is 11.5. The third-order valence-electron chi connectivity index (χ3n) is 4.46. The van der Waals surface area contributed by atoms with Gasteiger partial charge in [0, 0.05) is 23.5 Å². The van der Waals surface area contributed by atoms with Gasteiger partial charge in [0.1, 0.15) is 0 Å². The molecule has 0 fully saturated rings. The van der Waals surface area contributed by atoms with Gasteiger partial charge in [-0.05, 0) is 47.3 Å². The first-order valence-electron chi connectivity index (χ1n) is 8.53. The molecule has 0 unspecified atom stereocenters. The highest BCUT2D eigenvalue weighted by atomic mass is 35.5.